The van der Waals surface area contributed by atoms with Crippen molar-refractivity contribution < 1.29 is 4.79 Å². The molecule has 4 rings (SSSR count). The fraction of sp³-hybridized carbons (Fsp3) is 0.375. The van der Waals surface area contributed by atoms with Gasteiger partial charge < -0.3 is 9.47 Å². The number of hydrogen-bond acceptors (Lipinski definition) is 2. The van der Waals surface area contributed by atoms with E-state index in [1.165, 1.54) is 38.2 Å². The van der Waals surface area contributed by atoms with Crippen molar-refractivity contribution in [2.24, 2.45) is 0 Å². The summed E-state index contributed by atoms with van der Waals surface area (Å²) < 4.78 is 2.44. The molecule has 3 nitrogen and oxygen atoms in total. The molecule has 3 aromatic rings. The van der Waals surface area contributed by atoms with Gasteiger partial charge in [0, 0.05) is 46.6 Å². The summed E-state index contributed by atoms with van der Waals surface area (Å²) >= 11 is 1.74. The summed E-state index contributed by atoms with van der Waals surface area (Å²) in [6.45, 7) is 11.0. The first-order chi connectivity index (χ1) is 13.6. The van der Waals surface area contributed by atoms with E-state index >= 15 is 0 Å². The first-order valence-corrected chi connectivity index (χ1v) is 11.2. The van der Waals surface area contributed by atoms with Gasteiger partial charge in [0.05, 0.1) is 5.69 Å². The smallest absolute Gasteiger partial charge is 0.240 e. The maximum Gasteiger partial charge on any atom is 0.240 e. The number of para-hydroxylation sites is 1. The zero-order valence-electron chi connectivity index (χ0n) is 17.2. The quantitative estimate of drug-likeness (QED) is 0.529. The molecule has 0 saturated heterocycles. The van der Waals surface area contributed by atoms with E-state index in [4.69, 9.17) is 0 Å². The molecule has 0 N–H and O–H groups in total. The molecule has 0 spiro atoms. The predicted molar refractivity (Wildman–Crippen MR) is 119 cm³/mol. The van der Waals surface area contributed by atoms with Crippen molar-refractivity contribution in [1.82, 2.24) is 9.47 Å². The third-order valence-corrected chi connectivity index (χ3v) is 7.17. The Morgan fingerprint density at radius 2 is 1.82 bits per heavy atom. The van der Waals surface area contributed by atoms with E-state index in [9.17, 15) is 4.79 Å². The highest BCUT2D eigenvalue weighted by atomic mass is 32.2. The van der Waals surface area contributed by atoms with Crippen molar-refractivity contribution in [3.8, 4) is 11.3 Å². The van der Waals surface area contributed by atoms with Crippen molar-refractivity contribution in [2.45, 2.75) is 50.8 Å². The minimum absolute atomic E-state index is 0.188. The topological polar surface area (TPSA) is 25.2 Å². The van der Waals surface area contributed by atoms with Crippen molar-refractivity contribution in [2.75, 3.05) is 13.1 Å². The highest BCUT2D eigenvalue weighted by Crippen LogP contribution is 2.54. The van der Waals surface area contributed by atoms with Crippen LogP contribution in [0.3, 0.4) is 0 Å². The van der Waals surface area contributed by atoms with Crippen LogP contribution in [0.15, 0.2) is 47.4 Å². The Hall–Kier alpha value is -2.20. The van der Waals surface area contributed by atoms with Crippen molar-refractivity contribution in [3.63, 3.8) is 0 Å². The zero-order chi connectivity index (χ0) is 19.8. The minimum Gasteiger partial charge on any atom is -0.342 e. The van der Waals surface area contributed by atoms with Gasteiger partial charge in [-0.1, -0.05) is 43.3 Å². The molecule has 0 radical (unpaired) electrons. The standard InChI is InChI=1S/C24H28N2OS/c1-5-15-26-19-14-9-8-12-17(19)20-21(26)18-13-10-11-16(4)22(18)28-23(20)24(27)25(6-2)7-3/h8-14,23H,5-7,15H2,1-4H3. The first kappa shape index (κ1) is 19.1. The number of thioether (sulfide) groups is 1. The molecule has 1 aromatic heterocycles. The molecule has 0 fully saturated rings. The second kappa shape index (κ2) is 7.67. The van der Waals surface area contributed by atoms with Crippen LogP contribution in [0.5, 0.6) is 0 Å². The van der Waals surface area contributed by atoms with Crippen LogP contribution in [0.2, 0.25) is 0 Å². The predicted octanol–water partition coefficient (Wildman–Crippen LogP) is 6.04. The van der Waals surface area contributed by atoms with Crippen LogP contribution in [0.1, 0.15) is 43.6 Å². The summed E-state index contributed by atoms with van der Waals surface area (Å²) in [6.07, 6.45) is 1.06. The average Bonchev–Trinajstić information content (AvgIpc) is 3.04. The summed E-state index contributed by atoms with van der Waals surface area (Å²) in [6, 6.07) is 15.1. The number of fused-ring (bicyclic) bond motifs is 5. The van der Waals surface area contributed by atoms with E-state index in [2.05, 4.69) is 74.7 Å². The number of benzene rings is 2. The van der Waals surface area contributed by atoms with Gasteiger partial charge in [0.25, 0.3) is 0 Å². The Morgan fingerprint density at radius 1 is 1.07 bits per heavy atom. The van der Waals surface area contributed by atoms with Crippen molar-refractivity contribution in [3.05, 3.63) is 53.6 Å². The Morgan fingerprint density at radius 3 is 2.54 bits per heavy atom. The van der Waals surface area contributed by atoms with E-state index in [1.807, 2.05) is 4.90 Å². The van der Waals surface area contributed by atoms with Crippen LogP contribution < -0.4 is 0 Å². The second-order valence-corrected chi connectivity index (χ2v) is 8.51. The van der Waals surface area contributed by atoms with Crippen LogP contribution >= 0.6 is 11.8 Å². The Kier molecular flexibility index (Phi) is 5.24. The molecule has 2 heterocycles. The van der Waals surface area contributed by atoms with E-state index in [0.29, 0.717) is 0 Å². The fourth-order valence-electron chi connectivity index (χ4n) is 4.39. The molecule has 28 heavy (non-hydrogen) atoms. The summed E-state index contributed by atoms with van der Waals surface area (Å²) in [7, 11) is 0. The molecule has 146 valence electrons. The molecule has 1 atom stereocenters. The number of rotatable bonds is 5. The van der Waals surface area contributed by atoms with Crippen LogP contribution in [-0.2, 0) is 11.3 Å². The van der Waals surface area contributed by atoms with E-state index < -0.39 is 0 Å². The van der Waals surface area contributed by atoms with Gasteiger partial charge in [0.2, 0.25) is 5.91 Å². The number of carbonyl (C=O) groups is 1. The second-order valence-electron chi connectivity index (χ2n) is 7.39. The number of aromatic nitrogens is 1. The molecule has 2 aromatic carbocycles. The van der Waals surface area contributed by atoms with Gasteiger partial charge in [0.15, 0.2) is 0 Å². The molecule has 1 aliphatic rings. The summed E-state index contributed by atoms with van der Waals surface area (Å²) in [5.74, 6) is 0.226. The van der Waals surface area contributed by atoms with Crippen molar-refractivity contribution >= 4 is 28.6 Å². The van der Waals surface area contributed by atoms with Crippen molar-refractivity contribution in [1.29, 1.82) is 0 Å². The van der Waals surface area contributed by atoms with E-state index in [-0.39, 0.29) is 11.2 Å². The normalized spacial score (nSPS) is 15.4. The Balaban J connectivity index is 2.05. The lowest BCUT2D eigenvalue weighted by molar-refractivity contribution is -0.130. The minimum atomic E-state index is -0.188. The van der Waals surface area contributed by atoms with Crippen LogP contribution in [0, 0.1) is 6.92 Å². The number of hydrogen-bond donors (Lipinski definition) is 0. The fourth-order valence-corrected chi connectivity index (χ4v) is 5.78. The molecule has 0 saturated carbocycles. The van der Waals surface area contributed by atoms with Gasteiger partial charge in [-0.2, -0.15) is 0 Å². The third kappa shape index (κ3) is 2.86. The van der Waals surface area contributed by atoms with Gasteiger partial charge in [-0.25, -0.2) is 0 Å². The van der Waals surface area contributed by atoms with Gasteiger partial charge in [-0.3, -0.25) is 4.79 Å². The lowest BCUT2D eigenvalue weighted by Crippen LogP contribution is -2.34. The van der Waals surface area contributed by atoms with Gasteiger partial charge in [-0.15, -0.1) is 11.8 Å². The molecule has 1 amide bonds. The number of amides is 1. The van der Waals surface area contributed by atoms with Gasteiger partial charge in [-0.05, 0) is 38.8 Å². The third-order valence-electron chi connectivity index (χ3n) is 5.72. The van der Waals surface area contributed by atoms with Crippen LogP contribution in [-0.4, -0.2) is 28.5 Å². The van der Waals surface area contributed by atoms with E-state index in [0.717, 1.165) is 26.1 Å². The van der Waals surface area contributed by atoms with Gasteiger partial charge >= 0.3 is 0 Å². The Bertz CT molecular complexity index is 1030. The monoisotopic (exact) mass is 392 g/mol. The Labute approximate surface area is 171 Å². The molecule has 4 heteroatoms. The molecule has 0 aliphatic carbocycles. The van der Waals surface area contributed by atoms with E-state index in [1.54, 1.807) is 11.8 Å². The molecular weight excluding hydrogens is 364 g/mol. The number of likely N-dealkylation sites (N-methyl/N-ethyl adjacent to an activating group) is 1. The lowest BCUT2D eigenvalue weighted by Gasteiger charge is -2.30. The molecule has 1 aliphatic heterocycles. The lowest BCUT2D eigenvalue weighted by atomic mass is 9.99. The average molecular weight is 393 g/mol. The maximum atomic E-state index is 13.6. The molecular formula is C24H28N2OS. The summed E-state index contributed by atoms with van der Waals surface area (Å²) in [4.78, 5) is 16.8. The number of nitrogens with zero attached hydrogens (tertiary/aromatic N) is 2. The SMILES string of the molecule is CCCn1c2c(c3ccccc31)C(C(=O)N(CC)CC)Sc1c(C)cccc1-2. The zero-order valence-corrected chi connectivity index (χ0v) is 18.0. The summed E-state index contributed by atoms with van der Waals surface area (Å²) in [5.41, 5.74) is 6.20. The highest BCUT2D eigenvalue weighted by molar-refractivity contribution is 8.00. The highest BCUT2D eigenvalue weighted by Gasteiger charge is 2.37. The summed E-state index contributed by atoms with van der Waals surface area (Å²) in [5, 5.41) is 1.03. The van der Waals surface area contributed by atoms with Crippen LogP contribution in [0.4, 0.5) is 0 Å². The number of aryl methyl sites for hydroxylation is 2. The molecule has 0 bridgehead atoms. The molecule has 1 unspecified atom stereocenters. The van der Waals surface area contributed by atoms with Gasteiger partial charge in [0.1, 0.15) is 5.25 Å². The van der Waals surface area contributed by atoms with Crippen LogP contribution in [0.25, 0.3) is 22.2 Å². The largest absolute Gasteiger partial charge is 0.342 e. The number of carbonyl (C=O) groups excluding carboxylic acids is 1. The maximum absolute atomic E-state index is 13.6. The first-order valence-electron chi connectivity index (χ1n) is 10.3.